The van der Waals surface area contributed by atoms with Crippen LogP contribution in [0.15, 0.2) is 12.1 Å². The third-order valence-electron chi connectivity index (χ3n) is 5.22. The Kier molecular flexibility index (Phi) is 6.38. The number of piperazine rings is 1. The molecular weight excluding hydrogens is 302 g/mol. The van der Waals surface area contributed by atoms with Gasteiger partial charge in [0.05, 0.1) is 0 Å². The average Bonchev–Trinajstić information content (AvgIpc) is 2.53. The smallest absolute Gasteiger partial charge is 0.320 e. The number of likely N-dealkylation sites (N-methyl/N-ethyl adjacent to an activating group) is 2. The number of rotatable bonds is 6. The second-order valence-corrected chi connectivity index (χ2v) is 7.21. The van der Waals surface area contributed by atoms with Crippen molar-refractivity contribution in [2.45, 2.75) is 39.9 Å². The summed E-state index contributed by atoms with van der Waals surface area (Å²) in [5.41, 5.74) is 5.14. The molecule has 1 saturated heterocycles. The first-order valence-electron chi connectivity index (χ1n) is 8.71. The summed E-state index contributed by atoms with van der Waals surface area (Å²) in [5, 5.41) is 9.18. The van der Waals surface area contributed by atoms with Crippen LogP contribution >= 0.6 is 0 Å². The van der Waals surface area contributed by atoms with Crippen LogP contribution in [0.25, 0.3) is 0 Å². The molecule has 24 heavy (non-hydrogen) atoms. The van der Waals surface area contributed by atoms with Crippen LogP contribution in [0.3, 0.4) is 0 Å². The maximum atomic E-state index is 11.2. The summed E-state index contributed by atoms with van der Waals surface area (Å²) in [6.07, 6.45) is 0. The molecule has 1 aromatic rings. The molecule has 1 aliphatic heterocycles. The molecule has 0 bridgehead atoms. The van der Waals surface area contributed by atoms with Crippen LogP contribution in [0.2, 0.25) is 0 Å². The fraction of sp³-hybridized carbons (Fsp3) is 0.632. The van der Waals surface area contributed by atoms with E-state index in [4.69, 9.17) is 0 Å². The van der Waals surface area contributed by atoms with Gasteiger partial charge in [0.15, 0.2) is 0 Å². The number of hydrogen-bond acceptors (Lipinski definition) is 4. The molecular formula is C19H31N3O2. The molecule has 0 unspecified atom stereocenters. The molecule has 5 heteroatoms. The van der Waals surface area contributed by atoms with E-state index in [1.54, 1.807) is 6.92 Å². The summed E-state index contributed by atoms with van der Waals surface area (Å²) >= 11 is 0. The second-order valence-electron chi connectivity index (χ2n) is 7.21. The zero-order valence-corrected chi connectivity index (χ0v) is 15.7. The van der Waals surface area contributed by atoms with E-state index < -0.39 is 12.0 Å². The lowest BCUT2D eigenvalue weighted by atomic mass is 9.98. The number of nitrogens with zero attached hydrogens (tertiary/aromatic N) is 3. The van der Waals surface area contributed by atoms with E-state index in [1.807, 2.05) is 11.9 Å². The van der Waals surface area contributed by atoms with Gasteiger partial charge < -0.3 is 10.0 Å². The minimum atomic E-state index is -0.778. The molecule has 134 valence electrons. The maximum Gasteiger partial charge on any atom is 0.320 e. The van der Waals surface area contributed by atoms with E-state index in [-0.39, 0.29) is 0 Å². The number of aryl methyl sites for hydroxylation is 2. The van der Waals surface area contributed by atoms with E-state index in [1.165, 1.54) is 22.3 Å². The Morgan fingerprint density at radius 3 is 2.33 bits per heavy atom. The monoisotopic (exact) mass is 333 g/mol. The number of aliphatic carboxylic acids is 1. The SMILES string of the molecule is Cc1cc(C)c(CN(C)[C@@H](C)C(=O)O)cc1CN1CCN(C)CC1. The average molecular weight is 333 g/mol. The molecule has 1 N–H and O–H groups in total. The summed E-state index contributed by atoms with van der Waals surface area (Å²) in [6.45, 7) is 12.1. The molecule has 0 spiro atoms. The Hall–Kier alpha value is -1.43. The third-order valence-corrected chi connectivity index (χ3v) is 5.22. The van der Waals surface area contributed by atoms with Crippen LogP contribution in [0.5, 0.6) is 0 Å². The second kappa shape index (κ2) is 8.10. The standard InChI is InChI=1S/C19H31N3O2/c1-14-10-15(2)18(13-22-8-6-20(4)7-9-22)11-17(14)12-21(5)16(3)19(23)24/h10-11,16H,6-9,12-13H2,1-5H3,(H,23,24)/t16-/m0/s1. The number of carboxylic acids is 1. The molecule has 0 aromatic heterocycles. The molecule has 2 rings (SSSR count). The van der Waals surface area contributed by atoms with Gasteiger partial charge in [-0.2, -0.15) is 0 Å². The maximum absolute atomic E-state index is 11.2. The Labute approximate surface area is 145 Å². The van der Waals surface area contributed by atoms with E-state index in [0.717, 1.165) is 32.7 Å². The largest absolute Gasteiger partial charge is 0.480 e. The quantitative estimate of drug-likeness (QED) is 0.862. The van der Waals surface area contributed by atoms with Crippen molar-refractivity contribution >= 4 is 5.97 Å². The number of carbonyl (C=O) groups is 1. The van der Waals surface area contributed by atoms with E-state index in [2.05, 4.69) is 42.8 Å². The van der Waals surface area contributed by atoms with Crippen LogP contribution in [-0.2, 0) is 17.9 Å². The van der Waals surface area contributed by atoms with Crippen LogP contribution < -0.4 is 0 Å². The Balaban J connectivity index is 2.11. The first kappa shape index (κ1) is 18.9. The summed E-state index contributed by atoms with van der Waals surface area (Å²) in [6, 6.07) is 4.03. The van der Waals surface area contributed by atoms with Gasteiger partial charge in [-0.05, 0) is 57.1 Å². The highest BCUT2D eigenvalue weighted by molar-refractivity contribution is 5.72. The van der Waals surface area contributed by atoms with Crippen molar-refractivity contribution in [2.24, 2.45) is 0 Å². The van der Waals surface area contributed by atoms with Crippen molar-refractivity contribution in [2.75, 3.05) is 40.3 Å². The van der Waals surface area contributed by atoms with Gasteiger partial charge in [-0.3, -0.25) is 14.6 Å². The van der Waals surface area contributed by atoms with Gasteiger partial charge in [-0.1, -0.05) is 12.1 Å². The molecule has 0 amide bonds. The van der Waals surface area contributed by atoms with Crippen molar-refractivity contribution in [3.63, 3.8) is 0 Å². The summed E-state index contributed by atoms with van der Waals surface area (Å²) < 4.78 is 0. The lowest BCUT2D eigenvalue weighted by Crippen LogP contribution is -2.44. The highest BCUT2D eigenvalue weighted by Gasteiger charge is 2.19. The topological polar surface area (TPSA) is 47.0 Å². The predicted octanol–water partition coefficient (Wildman–Crippen LogP) is 1.96. The molecule has 1 aromatic carbocycles. The highest BCUT2D eigenvalue weighted by Crippen LogP contribution is 2.20. The normalized spacial score (nSPS) is 18.1. The number of benzene rings is 1. The lowest BCUT2D eigenvalue weighted by molar-refractivity contribution is -0.142. The van der Waals surface area contributed by atoms with Crippen molar-refractivity contribution in [3.05, 3.63) is 34.4 Å². The molecule has 0 aliphatic carbocycles. The van der Waals surface area contributed by atoms with Gasteiger partial charge in [-0.15, -0.1) is 0 Å². The molecule has 1 atom stereocenters. The van der Waals surface area contributed by atoms with Gasteiger partial charge in [0.25, 0.3) is 0 Å². The fourth-order valence-electron chi connectivity index (χ4n) is 3.13. The van der Waals surface area contributed by atoms with Crippen molar-refractivity contribution < 1.29 is 9.90 Å². The molecule has 5 nitrogen and oxygen atoms in total. The fourth-order valence-corrected chi connectivity index (χ4v) is 3.13. The highest BCUT2D eigenvalue weighted by atomic mass is 16.4. The Bertz CT molecular complexity index is 580. The minimum Gasteiger partial charge on any atom is -0.480 e. The molecule has 1 heterocycles. The molecule has 0 saturated carbocycles. The zero-order chi connectivity index (χ0) is 17.9. The minimum absolute atomic E-state index is 0.480. The van der Waals surface area contributed by atoms with Crippen LogP contribution in [0, 0.1) is 13.8 Å². The van der Waals surface area contributed by atoms with Crippen LogP contribution in [-0.4, -0.2) is 72.1 Å². The van der Waals surface area contributed by atoms with Crippen LogP contribution in [0.1, 0.15) is 29.2 Å². The van der Waals surface area contributed by atoms with E-state index in [0.29, 0.717) is 6.54 Å². The van der Waals surface area contributed by atoms with Crippen LogP contribution in [0.4, 0.5) is 0 Å². The molecule has 1 aliphatic rings. The number of hydrogen-bond donors (Lipinski definition) is 1. The van der Waals surface area contributed by atoms with Gasteiger partial charge >= 0.3 is 5.97 Å². The van der Waals surface area contributed by atoms with Crippen molar-refractivity contribution in [3.8, 4) is 0 Å². The summed E-state index contributed by atoms with van der Waals surface area (Å²) in [4.78, 5) is 17.9. The first-order chi connectivity index (χ1) is 11.3. The Morgan fingerprint density at radius 2 is 1.75 bits per heavy atom. The summed E-state index contributed by atoms with van der Waals surface area (Å²) in [7, 11) is 4.05. The van der Waals surface area contributed by atoms with Crippen molar-refractivity contribution in [1.82, 2.24) is 14.7 Å². The summed E-state index contributed by atoms with van der Waals surface area (Å²) in [5.74, 6) is -0.778. The molecule has 0 radical (unpaired) electrons. The number of carboxylic acid groups (broad SMARTS) is 1. The van der Waals surface area contributed by atoms with Gasteiger partial charge in [0, 0.05) is 39.3 Å². The van der Waals surface area contributed by atoms with Gasteiger partial charge in [-0.25, -0.2) is 0 Å². The lowest BCUT2D eigenvalue weighted by Gasteiger charge is -2.33. The van der Waals surface area contributed by atoms with Gasteiger partial charge in [0.2, 0.25) is 0 Å². The Morgan fingerprint density at radius 1 is 1.17 bits per heavy atom. The van der Waals surface area contributed by atoms with E-state index >= 15 is 0 Å². The first-order valence-corrected chi connectivity index (χ1v) is 8.71. The van der Waals surface area contributed by atoms with E-state index in [9.17, 15) is 9.90 Å². The van der Waals surface area contributed by atoms with Crippen molar-refractivity contribution in [1.29, 1.82) is 0 Å². The van der Waals surface area contributed by atoms with Gasteiger partial charge in [0.1, 0.15) is 6.04 Å². The zero-order valence-electron chi connectivity index (χ0n) is 15.7. The third kappa shape index (κ3) is 4.79. The molecule has 1 fully saturated rings. The predicted molar refractivity (Wildman–Crippen MR) is 97.3 cm³/mol.